The number of carboxylic acid groups (broad SMARTS) is 1. The molecule has 3 rings (SSSR count). The van der Waals surface area contributed by atoms with Crippen molar-refractivity contribution in [1.82, 2.24) is 5.32 Å². The zero-order valence-corrected chi connectivity index (χ0v) is 15.3. The number of hydrogen-bond donors (Lipinski definition) is 3. The van der Waals surface area contributed by atoms with E-state index in [1.165, 1.54) is 0 Å². The van der Waals surface area contributed by atoms with Gasteiger partial charge in [0.15, 0.2) is 0 Å². The van der Waals surface area contributed by atoms with Gasteiger partial charge in [0.25, 0.3) is 5.91 Å². The first kappa shape index (κ1) is 18.9. The lowest BCUT2D eigenvalue weighted by molar-refractivity contribution is -0.136. The molecular formula is C20H19ClN2O4. The van der Waals surface area contributed by atoms with Gasteiger partial charge in [-0.3, -0.25) is 14.4 Å². The van der Waals surface area contributed by atoms with Crippen LogP contribution in [0.3, 0.4) is 0 Å². The molecule has 0 aliphatic heterocycles. The Morgan fingerprint density at radius 2 is 1.78 bits per heavy atom. The van der Waals surface area contributed by atoms with Gasteiger partial charge >= 0.3 is 5.97 Å². The normalized spacial score (nSPS) is 14.3. The second-order valence-corrected chi connectivity index (χ2v) is 6.96. The maximum Gasteiger partial charge on any atom is 0.305 e. The number of aliphatic carboxylic acids is 1. The predicted octanol–water partition coefficient (Wildman–Crippen LogP) is 3.21. The highest BCUT2D eigenvalue weighted by Gasteiger charge is 2.51. The molecule has 0 radical (unpaired) electrons. The van der Waals surface area contributed by atoms with Crippen molar-refractivity contribution in [2.24, 2.45) is 0 Å². The summed E-state index contributed by atoms with van der Waals surface area (Å²) in [6.07, 6.45) is 1.40. The van der Waals surface area contributed by atoms with Crippen molar-refractivity contribution in [2.75, 3.05) is 11.9 Å². The molecule has 2 aromatic rings. The van der Waals surface area contributed by atoms with Gasteiger partial charge in [0.05, 0.1) is 11.8 Å². The summed E-state index contributed by atoms with van der Waals surface area (Å²) in [6.45, 7) is 0.0643. The van der Waals surface area contributed by atoms with Crippen molar-refractivity contribution >= 4 is 35.1 Å². The molecule has 27 heavy (non-hydrogen) atoms. The Bertz CT molecular complexity index is 876. The molecule has 2 aromatic carbocycles. The molecule has 7 heteroatoms. The molecule has 1 aliphatic carbocycles. The number of amides is 2. The van der Waals surface area contributed by atoms with Gasteiger partial charge in [0.1, 0.15) is 0 Å². The fourth-order valence-electron chi connectivity index (χ4n) is 2.90. The topological polar surface area (TPSA) is 95.5 Å². The summed E-state index contributed by atoms with van der Waals surface area (Å²) in [5, 5.41) is 14.6. The fourth-order valence-corrected chi connectivity index (χ4v) is 3.09. The van der Waals surface area contributed by atoms with Crippen molar-refractivity contribution < 1.29 is 19.5 Å². The van der Waals surface area contributed by atoms with Gasteiger partial charge in [-0.2, -0.15) is 0 Å². The smallest absolute Gasteiger partial charge is 0.305 e. The van der Waals surface area contributed by atoms with Crippen LogP contribution < -0.4 is 10.6 Å². The van der Waals surface area contributed by atoms with Crippen molar-refractivity contribution in [1.29, 1.82) is 0 Å². The molecule has 0 saturated heterocycles. The summed E-state index contributed by atoms with van der Waals surface area (Å²) in [6, 6.07) is 13.8. The number of rotatable bonds is 7. The third kappa shape index (κ3) is 4.46. The lowest BCUT2D eigenvalue weighted by atomic mass is 9.95. The Morgan fingerprint density at radius 1 is 1.07 bits per heavy atom. The van der Waals surface area contributed by atoms with Crippen molar-refractivity contribution in [2.45, 2.75) is 24.7 Å². The number of hydrogen-bond acceptors (Lipinski definition) is 3. The van der Waals surface area contributed by atoms with Crippen LogP contribution in [-0.2, 0) is 15.0 Å². The molecule has 0 atom stereocenters. The third-order valence-electron chi connectivity index (χ3n) is 4.59. The van der Waals surface area contributed by atoms with Crippen molar-refractivity contribution in [3.05, 3.63) is 64.7 Å². The predicted molar refractivity (Wildman–Crippen MR) is 102 cm³/mol. The molecule has 1 saturated carbocycles. The minimum Gasteiger partial charge on any atom is -0.481 e. The summed E-state index contributed by atoms with van der Waals surface area (Å²) in [4.78, 5) is 35.2. The molecule has 0 heterocycles. The first-order valence-electron chi connectivity index (χ1n) is 8.58. The largest absolute Gasteiger partial charge is 0.481 e. The number of benzene rings is 2. The van der Waals surface area contributed by atoms with Crippen molar-refractivity contribution in [3.8, 4) is 0 Å². The second-order valence-electron chi connectivity index (χ2n) is 6.52. The third-order valence-corrected chi connectivity index (χ3v) is 4.83. The second kappa shape index (κ2) is 7.80. The number of carbonyl (C=O) groups excluding carboxylic acids is 2. The number of carboxylic acids is 1. The zero-order valence-electron chi connectivity index (χ0n) is 14.5. The van der Waals surface area contributed by atoms with Gasteiger partial charge in [-0.05, 0) is 54.8 Å². The van der Waals surface area contributed by atoms with E-state index in [4.69, 9.17) is 16.7 Å². The number of halogens is 1. The van der Waals surface area contributed by atoms with Crippen LogP contribution >= 0.6 is 11.6 Å². The summed E-state index contributed by atoms with van der Waals surface area (Å²) in [5.74, 6) is -1.42. The molecule has 2 amide bonds. The standard InChI is InChI=1S/C20H19ClN2O4/c21-15-3-1-2-14(12-15)20(9-10-20)19(27)23-16-6-4-13(5-7-16)18(26)22-11-8-17(24)25/h1-7,12H,8-11H2,(H,22,26)(H,23,27)(H,24,25). The SMILES string of the molecule is O=C(O)CCNC(=O)c1ccc(NC(=O)C2(c3cccc(Cl)c3)CC2)cc1. The molecule has 0 bridgehead atoms. The van der Waals surface area contributed by atoms with E-state index in [0.717, 1.165) is 18.4 Å². The maximum atomic E-state index is 12.7. The van der Waals surface area contributed by atoms with Crippen LogP contribution in [0, 0.1) is 0 Å². The Morgan fingerprint density at radius 3 is 2.37 bits per heavy atom. The molecule has 0 unspecified atom stereocenters. The summed E-state index contributed by atoms with van der Waals surface area (Å²) >= 11 is 6.04. The van der Waals surface area contributed by atoms with Gasteiger partial charge < -0.3 is 15.7 Å². The van der Waals surface area contributed by atoms with E-state index in [1.807, 2.05) is 18.2 Å². The summed E-state index contributed by atoms with van der Waals surface area (Å²) < 4.78 is 0. The Balaban J connectivity index is 1.62. The van der Waals surface area contributed by atoms with Gasteiger partial charge in [-0.25, -0.2) is 0 Å². The zero-order chi connectivity index (χ0) is 19.4. The van der Waals surface area contributed by atoms with E-state index in [-0.39, 0.29) is 24.8 Å². The van der Waals surface area contributed by atoms with E-state index in [0.29, 0.717) is 16.3 Å². The first-order valence-corrected chi connectivity index (χ1v) is 8.96. The van der Waals surface area contributed by atoms with E-state index < -0.39 is 11.4 Å². The van der Waals surface area contributed by atoms with Crippen LogP contribution in [0.15, 0.2) is 48.5 Å². The lowest BCUT2D eigenvalue weighted by Crippen LogP contribution is -2.28. The quantitative estimate of drug-likeness (QED) is 0.680. The minimum absolute atomic E-state index is 0.0643. The van der Waals surface area contributed by atoms with E-state index in [1.54, 1.807) is 30.3 Å². The van der Waals surface area contributed by atoms with Gasteiger partial charge in [0.2, 0.25) is 5.91 Å². The molecule has 1 aliphatic rings. The van der Waals surface area contributed by atoms with E-state index in [2.05, 4.69) is 10.6 Å². The first-order chi connectivity index (χ1) is 12.9. The number of anilines is 1. The lowest BCUT2D eigenvalue weighted by Gasteiger charge is -2.16. The maximum absolute atomic E-state index is 12.7. The Kier molecular flexibility index (Phi) is 5.46. The monoisotopic (exact) mass is 386 g/mol. The highest BCUT2D eigenvalue weighted by atomic mass is 35.5. The Labute approximate surface area is 161 Å². The molecule has 0 aromatic heterocycles. The molecule has 1 fully saturated rings. The van der Waals surface area contributed by atoms with Gasteiger partial charge in [-0.15, -0.1) is 0 Å². The molecule has 3 N–H and O–H groups in total. The molecule has 6 nitrogen and oxygen atoms in total. The highest BCUT2D eigenvalue weighted by molar-refractivity contribution is 6.30. The van der Waals surface area contributed by atoms with Crippen LogP contribution in [0.25, 0.3) is 0 Å². The highest BCUT2D eigenvalue weighted by Crippen LogP contribution is 2.49. The van der Waals surface area contributed by atoms with Gasteiger partial charge in [-0.1, -0.05) is 23.7 Å². The summed E-state index contributed by atoms with van der Waals surface area (Å²) in [5.41, 5.74) is 1.35. The Hall–Kier alpha value is -2.86. The average molecular weight is 387 g/mol. The average Bonchev–Trinajstić information content (AvgIpc) is 3.44. The molecule has 140 valence electrons. The van der Waals surface area contributed by atoms with Crippen molar-refractivity contribution in [3.63, 3.8) is 0 Å². The van der Waals surface area contributed by atoms with Crippen LogP contribution in [0.1, 0.15) is 35.2 Å². The molecule has 0 spiro atoms. The van der Waals surface area contributed by atoms with E-state index in [9.17, 15) is 14.4 Å². The van der Waals surface area contributed by atoms with Crippen LogP contribution in [0.5, 0.6) is 0 Å². The summed E-state index contributed by atoms with van der Waals surface area (Å²) in [7, 11) is 0. The van der Waals surface area contributed by atoms with Crippen LogP contribution in [-0.4, -0.2) is 29.4 Å². The molecular weight excluding hydrogens is 368 g/mol. The van der Waals surface area contributed by atoms with Crippen LogP contribution in [0.2, 0.25) is 5.02 Å². The van der Waals surface area contributed by atoms with Gasteiger partial charge in [0, 0.05) is 22.8 Å². The number of carbonyl (C=O) groups is 3. The van der Waals surface area contributed by atoms with E-state index >= 15 is 0 Å². The van der Waals surface area contributed by atoms with Crippen LogP contribution in [0.4, 0.5) is 5.69 Å². The fraction of sp³-hybridized carbons (Fsp3) is 0.250. The number of nitrogens with one attached hydrogen (secondary N) is 2. The minimum atomic E-state index is -0.970.